The molecule has 0 spiro atoms. The van der Waals surface area contributed by atoms with E-state index in [1.165, 1.54) is 6.07 Å². The smallest absolute Gasteiger partial charge is 0.346 e. The van der Waals surface area contributed by atoms with E-state index in [4.69, 9.17) is 11.6 Å². The summed E-state index contributed by atoms with van der Waals surface area (Å²) in [7, 11) is 0. The highest BCUT2D eigenvalue weighted by Crippen LogP contribution is 2.50. The fraction of sp³-hybridized carbons (Fsp3) is 0.360. The largest absolute Gasteiger partial charge is 0.417 e. The molecule has 2 aromatic rings. The van der Waals surface area contributed by atoms with E-state index in [-0.39, 0.29) is 34.5 Å². The van der Waals surface area contributed by atoms with Gasteiger partial charge in [-0.15, -0.1) is 0 Å². The second-order valence-electron chi connectivity index (χ2n) is 9.17. The van der Waals surface area contributed by atoms with E-state index >= 15 is 0 Å². The van der Waals surface area contributed by atoms with E-state index in [1.807, 2.05) is 0 Å². The van der Waals surface area contributed by atoms with Gasteiger partial charge in [0, 0.05) is 27.0 Å². The highest BCUT2D eigenvalue weighted by Gasteiger charge is 2.52. The highest BCUT2D eigenvalue weighted by atomic mass is 79.9. The minimum absolute atomic E-state index is 0.0440. The molecule has 0 radical (unpaired) electrons. The number of carbonyl (C=O) groups is 2. The lowest BCUT2D eigenvalue weighted by atomic mass is 9.90. The van der Waals surface area contributed by atoms with Crippen molar-refractivity contribution < 1.29 is 53.5 Å². The number of ketones is 1. The number of rotatable bonds is 8. The number of allylic oxidation sites excluding steroid dienone is 1. The molecule has 3 nitrogen and oxygen atoms in total. The standard InChI is InChI=1S/C25H17BrClF10NO2/c26-14-5-13(6-15(27)8-14)17(24(32,33)34)9-19(28)12-1-2-16(18(7-12)25(35,36)37)20(39)10-22(3-4-22)21(40)38-11-23(29,30)31/h1-2,5-9,17H,3-4,10-11H2,(H,38,40)/b19-9-. The number of benzene rings is 2. The lowest BCUT2D eigenvalue weighted by molar-refractivity contribution is -0.141. The van der Waals surface area contributed by atoms with Crippen molar-refractivity contribution in [2.75, 3.05) is 6.54 Å². The van der Waals surface area contributed by atoms with Gasteiger partial charge in [0.25, 0.3) is 0 Å². The van der Waals surface area contributed by atoms with Gasteiger partial charge in [-0.1, -0.05) is 39.7 Å². The molecule has 40 heavy (non-hydrogen) atoms. The van der Waals surface area contributed by atoms with Crippen LogP contribution >= 0.6 is 27.5 Å². The van der Waals surface area contributed by atoms with Gasteiger partial charge in [-0.05, 0) is 48.7 Å². The van der Waals surface area contributed by atoms with E-state index < -0.39 is 82.6 Å². The lowest BCUT2D eigenvalue weighted by Gasteiger charge is -2.19. The fourth-order valence-corrected chi connectivity index (χ4v) is 4.84. The van der Waals surface area contributed by atoms with Gasteiger partial charge in [-0.3, -0.25) is 9.59 Å². The molecule has 1 aliphatic carbocycles. The zero-order valence-electron chi connectivity index (χ0n) is 19.8. The van der Waals surface area contributed by atoms with Gasteiger partial charge in [-0.2, -0.15) is 39.5 Å². The molecule has 0 aliphatic heterocycles. The molecule has 1 N–H and O–H groups in total. The van der Waals surface area contributed by atoms with Gasteiger partial charge in [0.1, 0.15) is 18.3 Å². The van der Waals surface area contributed by atoms with Crippen LogP contribution in [0.3, 0.4) is 0 Å². The van der Waals surface area contributed by atoms with E-state index in [1.54, 1.807) is 5.32 Å². The zero-order chi connectivity index (χ0) is 30.3. The van der Waals surface area contributed by atoms with Crippen LogP contribution in [0.1, 0.15) is 52.2 Å². The second-order valence-corrected chi connectivity index (χ2v) is 10.5. The molecule has 1 saturated carbocycles. The molecule has 1 fully saturated rings. The van der Waals surface area contributed by atoms with E-state index in [9.17, 15) is 53.5 Å². The van der Waals surface area contributed by atoms with Crippen LogP contribution in [0.15, 0.2) is 46.9 Å². The molecular weight excluding hydrogens is 652 g/mol. The Morgan fingerprint density at radius 3 is 2.12 bits per heavy atom. The summed E-state index contributed by atoms with van der Waals surface area (Å²) >= 11 is 8.74. The van der Waals surface area contributed by atoms with Crippen LogP contribution in [-0.4, -0.2) is 30.6 Å². The summed E-state index contributed by atoms with van der Waals surface area (Å²) in [4.78, 5) is 24.9. The minimum Gasteiger partial charge on any atom is -0.346 e. The quantitative estimate of drug-likeness (QED) is 0.226. The molecule has 2 aromatic carbocycles. The Labute approximate surface area is 233 Å². The Morgan fingerprint density at radius 2 is 1.62 bits per heavy atom. The summed E-state index contributed by atoms with van der Waals surface area (Å²) in [5.41, 5.74) is -5.73. The number of hydrogen-bond donors (Lipinski definition) is 1. The molecular formula is C25H17BrClF10NO2. The van der Waals surface area contributed by atoms with E-state index in [2.05, 4.69) is 15.9 Å². The predicted molar refractivity (Wildman–Crippen MR) is 128 cm³/mol. The van der Waals surface area contributed by atoms with Crippen LogP contribution in [0.4, 0.5) is 43.9 Å². The Balaban J connectivity index is 1.94. The number of alkyl halides is 9. The maximum atomic E-state index is 15.0. The third kappa shape index (κ3) is 7.99. The average molecular weight is 669 g/mol. The van der Waals surface area contributed by atoms with Gasteiger partial charge in [0.15, 0.2) is 5.78 Å². The number of Topliss-reactive ketones (excluding diaryl/α,β-unsaturated/α-hetero) is 1. The molecule has 0 saturated heterocycles. The van der Waals surface area contributed by atoms with Gasteiger partial charge < -0.3 is 5.32 Å². The second kappa shape index (κ2) is 11.3. The average Bonchev–Trinajstić information content (AvgIpc) is 3.58. The van der Waals surface area contributed by atoms with Crippen molar-refractivity contribution in [2.24, 2.45) is 5.41 Å². The van der Waals surface area contributed by atoms with E-state index in [0.29, 0.717) is 12.1 Å². The molecule has 0 heterocycles. The first kappa shape index (κ1) is 31.9. The van der Waals surface area contributed by atoms with E-state index in [0.717, 1.165) is 12.1 Å². The molecule has 3 rings (SSSR count). The number of halogens is 12. The van der Waals surface area contributed by atoms with Gasteiger partial charge >= 0.3 is 18.5 Å². The van der Waals surface area contributed by atoms with Crippen molar-refractivity contribution in [3.05, 3.63) is 74.2 Å². The maximum absolute atomic E-state index is 15.0. The molecule has 1 unspecified atom stereocenters. The fourth-order valence-electron chi connectivity index (χ4n) is 3.95. The van der Waals surface area contributed by atoms with Crippen LogP contribution in [0.25, 0.3) is 5.83 Å². The summed E-state index contributed by atoms with van der Waals surface area (Å²) in [6, 6.07) is 4.57. The molecule has 0 bridgehead atoms. The summed E-state index contributed by atoms with van der Waals surface area (Å²) < 4.78 is 135. The first-order chi connectivity index (χ1) is 18.2. The van der Waals surface area contributed by atoms with Crippen LogP contribution in [0, 0.1) is 5.41 Å². The zero-order valence-corrected chi connectivity index (χ0v) is 22.1. The Kier molecular flexibility index (Phi) is 9.05. The van der Waals surface area contributed by atoms with Crippen molar-refractivity contribution in [1.82, 2.24) is 5.32 Å². The number of nitrogens with one attached hydrogen (secondary N) is 1. The third-order valence-corrected chi connectivity index (χ3v) is 6.77. The first-order valence-corrected chi connectivity index (χ1v) is 12.4. The SMILES string of the molecule is O=C(CC1(C(=O)NCC(F)(F)F)CC1)c1ccc(/C(F)=C/C(c2cc(Cl)cc(Br)c2)C(F)(F)F)cc1C(F)(F)F. The van der Waals surface area contributed by atoms with Gasteiger partial charge in [-0.25, -0.2) is 4.39 Å². The van der Waals surface area contributed by atoms with Crippen molar-refractivity contribution in [3.8, 4) is 0 Å². The lowest BCUT2D eigenvalue weighted by Crippen LogP contribution is -2.39. The topological polar surface area (TPSA) is 46.2 Å². The monoisotopic (exact) mass is 667 g/mol. The molecule has 218 valence electrons. The number of hydrogen-bond acceptors (Lipinski definition) is 2. The Morgan fingerprint density at radius 1 is 1.00 bits per heavy atom. The van der Waals surface area contributed by atoms with Crippen molar-refractivity contribution in [1.29, 1.82) is 0 Å². The molecule has 1 aliphatic rings. The predicted octanol–water partition coefficient (Wildman–Crippen LogP) is 8.81. The summed E-state index contributed by atoms with van der Waals surface area (Å²) in [6.07, 6.45) is -15.9. The number of amides is 1. The molecule has 1 atom stereocenters. The summed E-state index contributed by atoms with van der Waals surface area (Å²) in [5, 5.41) is 1.49. The minimum atomic E-state index is -5.27. The van der Waals surface area contributed by atoms with Gasteiger partial charge in [0.2, 0.25) is 5.91 Å². The Bertz CT molecular complexity index is 1310. The van der Waals surface area contributed by atoms with Crippen molar-refractivity contribution in [2.45, 2.75) is 43.7 Å². The summed E-state index contributed by atoms with van der Waals surface area (Å²) in [6.45, 7) is -1.69. The van der Waals surface area contributed by atoms with Crippen molar-refractivity contribution >= 4 is 45.0 Å². The molecule has 1 amide bonds. The third-order valence-electron chi connectivity index (χ3n) is 6.09. The number of carbonyl (C=O) groups excluding carboxylic acids is 2. The van der Waals surface area contributed by atoms with Crippen LogP contribution in [0.5, 0.6) is 0 Å². The van der Waals surface area contributed by atoms with Crippen LogP contribution in [0.2, 0.25) is 5.02 Å². The highest BCUT2D eigenvalue weighted by molar-refractivity contribution is 9.10. The molecule has 0 aromatic heterocycles. The van der Waals surface area contributed by atoms with Crippen LogP contribution < -0.4 is 5.32 Å². The molecule has 15 heteroatoms. The first-order valence-electron chi connectivity index (χ1n) is 11.2. The van der Waals surface area contributed by atoms with Crippen LogP contribution in [-0.2, 0) is 11.0 Å². The maximum Gasteiger partial charge on any atom is 0.417 e. The summed E-state index contributed by atoms with van der Waals surface area (Å²) in [5.74, 6) is -6.67. The van der Waals surface area contributed by atoms with Crippen molar-refractivity contribution in [3.63, 3.8) is 0 Å². The Hall–Kier alpha value is -2.61. The van der Waals surface area contributed by atoms with Gasteiger partial charge in [0.05, 0.1) is 11.0 Å². The normalized spacial score (nSPS) is 16.4.